The van der Waals surface area contributed by atoms with Crippen LogP contribution in [0, 0.1) is 10.1 Å². The van der Waals surface area contributed by atoms with Crippen LogP contribution in [0.2, 0.25) is 0 Å². The monoisotopic (exact) mass is 394 g/mol. The molecule has 0 aliphatic carbocycles. The van der Waals surface area contributed by atoms with Crippen molar-refractivity contribution in [2.24, 2.45) is 0 Å². The number of hydrogen-bond acceptors (Lipinski definition) is 5. The lowest BCUT2D eigenvalue weighted by atomic mass is 9.93. The number of rotatable bonds is 7. The van der Waals surface area contributed by atoms with E-state index in [-0.39, 0.29) is 30.0 Å². The van der Waals surface area contributed by atoms with Crippen molar-refractivity contribution in [2.45, 2.75) is 19.4 Å². The van der Waals surface area contributed by atoms with Gasteiger partial charge in [0.2, 0.25) is 11.8 Å². The fourth-order valence-corrected chi connectivity index (χ4v) is 3.27. The standard InChI is InChI=1S/C21H22N4O4/c1-15(26)24-13-10-16-4-2-3-5-19(16)20(24)14-21(27)23-12-11-22-17-6-8-18(9-7-17)25(28)29/h2-10,13,20,22H,11-12,14H2,1H3,(H,23,27). The van der Waals surface area contributed by atoms with Crippen molar-refractivity contribution >= 4 is 29.3 Å². The summed E-state index contributed by atoms with van der Waals surface area (Å²) in [4.78, 5) is 36.2. The maximum atomic E-state index is 12.4. The first kappa shape index (κ1) is 20.1. The number of hydrogen-bond donors (Lipinski definition) is 2. The molecule has 1 aliphatic rings. The summed E-state index contributed by atoms with van der Waals surface area (Å²) in [6.07, 6.45) is 3.76. The Hall–Kier alpha value is -3.68. The number of nitro groups is 1. The Labute approximate surface area is 168 Å². The summed E-state index contributed by atoms with van der Waals surface area (Å²) in [5.41, 5.74) is 2.71. The highest BCUT2D eigenvalue weighted by Crippen LogP contribution is 2.32. The van der Waals surface area contributed by atoms with E-state index in [4.69, 9.17) is 0 Å². The van der Waals surface area contributed by atoms with Crippen molar-refractivity contribution in [3.63, 3.8) is 0 Å². The minimum absolute atomic E-state index is 0.0284. The first-order valence-corrected chi connectivity index (χ1v) is 9.27. The van der Waals surface area contributed by atoms with E-state index in [0.29, 0.717) is 13.1 Å². The van der Waals surface area contributed by atoms with Crippen molar-refractivity contribution < 1.29 is 14.5 Å². The van der Waals surface area contributed by atoms with Crippen LogP contribution in [0.25, 0.3) is 6.08 Å². The second kappa shape index (κ2) is 9.01. The summed E-state index contributed by atoms with van der Waals surface area (Å²) in [5, 5.41) is 16.6. The van der Waals surface area contributed by atoms with Crippen LogP contribution in [0.3, 0.4) is 0 Å². The molecule has 3 rings (SSSR count). The average molecular weight is 394 g/mol. The zero-order valence-electron chi connectivity index (χ0n) is 16.0. The van der Waals surface area contributed by atoms with Gasteiger partial charge in [-0.3, -0.25) is 19.7 Å². The van der Waals surface area contributed by atoms with Crippen molar-refractivity contribution in [3.05, 3.63) is 76.0 Å². The van der Waals surface area contributed by atoms with Crippen LogP contribution in [0.4, 0.5) is 11.4 Å². The smallest absolute Gasteiger partial charge is 0.269 e. The summed E-state index contributed by atoms with van der Waals surface area (Å²) in [6, 6.07) is 13.5. The molecule has 0 aromatic heterocycles. The van der Waals surface area contributed by atoms with Crippen LogP contribution < -0.4 is 10.6 Å². The average Bonchev–Trinajstić information content (AvgIpc) is 2.71. The highest BCUT2D eigenvalue weighted by Gasteiger charge is 2.27. The number of fused-ring (bicyclic) bond motifs is 1. The van der Waals surface area contributed by atoms with E-state index in [9.17, 15) is 19.7 Å². The van der Waals surface area contributed by atoms with E-state index < -0.39 is 4.92 Å². The first-order valence-electron chi connectivity index (χ1n) is 9.27. The highest BCUT2D eigenvalue weighted by atomic mass is 16.6. The molecular weight excluding hydrogens is 372 g/mol. The Morgan fingerprint density at radius 1 is 1.10 bits per heavy atom. The number of carbonyl (C=O) groups is 2. The third kappa shape index (κ3) is 4.98. The molecule has 0 saturated carbocycles. The molecule has 1 atom stereocenters. The van der Waals surface area contributed by atoms with Crippen LogP contribution in [0.1, 0.15) is 30.5 Å². The lowest BCUT2D eigenvalue weighted by Gasteiger charge is -2.32. The molecule has 1 heterocycles. The number of benzene rings is 2. The predicted molar refractivity (Wildman–Crippen MR) is 110 cm³/mol. The molecule has 1 aliphatic heterocycles. The molecule has 150 valence electrons. The molecule has 1 unspecified atom stereocenters. The van der Waals surface area contributed by atoms with E-state index in [1.165, 1.54) is 19.1 Å². The zero-order valence-corrected chi connectivity index (χ0v) is 16.0. The SMILES string of the molecule is CC(=O)N1C=Cc2ccccc2C1CC(=O)NCCNc1ccc([N+](=O)[O-])cc1. The summed E-state index contributed by atoms with van der Waals surface area (Å²) in [5.74, 6) is -0.273. The molecule has 8 heteroatoms. The van der Waals surface area contributed by atoms with Crippen molar-refractivity contribution in [3.8, 4) is 0 Å². The van der Waals surface area contributed by atoms with Crippen LogP contribution in [0.5, 0.6) is 0 Å². The Morgan fingerprint density at radius 3 is 2.52 bits per heavy atom. The van der Waals surface area contributed by atoms with Gasteiger partial charge in [0.25, 0.3) is 5.69 Å². The second-order valence-corrected chi connectivity index (χ2v) is 6.67. The molecule has 2 aromatic carbocycles. The quantitative estimate of drug-likeness (QED) is 0.427. The minimum Gasteiger partial charge on any atom is -0.383 e. The van der Waals surface area contributed by atoms with Gasteiger partial charge in [0.1, 0.15) is 0 Å². The van der Waals surface area contributed by atoms with Crippen molar-refractivity contribution in [2.75, 3.05) is 18.4 Å². The molecule has 2 N–H and O–H groups in total. The van der Waals surface area contributed by atoms with Gasteiger partial charge in [-0.15, -0.1) is 0 Å². The lowest BCUT2D eigenvalue weighted by molar-refractivity contribution is -0.384. The maximum Gasteiger partial charge on any atom is 0.269 e. The predicted octanol–water partition coefficient (Wildman–Crippen LogP) is 3.09. The highest BCUT2D eigenvalue weighted by molar-refractivity contribution is 5.81. The van der Waals surface area contributed by atoms with E-state index in [2.05, 4.69) is 10.6 Å². The first-order chi connectivity index (χ1) is 14.0. The molecule has 0 radical (unpaired) electrons. The molecule has 0 fully saturated rings. The Bertz CT molecular complexity index is 940. The maximum absolute atomic E-state index is 12.4. The van der Waals surface area contributed by atoms with Crippen LogP contribution >= 0.6 is 0 Å². The summed E-state index contributed by atoms with van der Waals surface area (Å²) < 4.78 is 0. The molecule has 2 amide bonds. The molecular formula is C21H22N4O4. The van der Waals surface area contributed by atoms with Gasteiger partial charge in [0.05, 0.1) is 17.4 Å². The number of carbonyl (C=O) groups excluding carboxylic acids is 2. The van der Waals surface area contributed by atoms with E-state index in [1.54, 1.807) is 23.2 Å². The fraction of sp³-hybridized carbons (Fsp3) is 0.238. The largest absolute Gasteiger partial charge is 0.383 e. The normalized spacial score (nSPS) is 14.8. The third-order valence-electron chi connectivity index (χ3n) is 4.70. The molecule has 0 spiro atoms. The molecule has 2 aromatic rings. The number of nitrogens with zero attached hydrogens (tertiary/aromatic N) is 2. The zero-order chi connectivity index (χ0) is 20.8. The third-order valence-corrected chi connectivity index (χ3v) is 4.70. The van der Waals surface area contributed by atoms with Gasteiger partial charge in [0, 0.05) is 44.0 Å². The van der Waals surface area contributed by atoms with Crippen molar-refractivity contribution in [1.82, 2.24) is 10.2 Å². The van der Waals surface area contributed by atoms with Gasteiger partial charge < -0.3 is 15.5 Å². The van der Waals surface area contributed by atoms with Crippen LogP contribution in [0.15, 0.2) is 54.7 Å². The van der Waals surface area contributed by atoms with Gasteiger partial charge >= 0.3 is 0 Å². The molecule has 29 heavy (non-hydrogen) atoms. The number of nitro benzene ring substituents is 1. The summed E-state index contributed by atoms with van der Waals surface area (Å²) in [6.45, 7) is 2.35. The Kier molecular flexibility index (Phi) is 6.23. The van der Waals surface area contributed by atoms with E-state index >= 15 is 0 Å². The van der Waals surface area contributed by atoms with E-state index in [0.717, 1.165) is 16.8 Å². The van der Waals surface area contributed by atoms with Gasteiger partial charge in [-0.1, -0.05) is 24.3 Å². The fourth-order valence-electron chi connectivity index (χ4n) is 3.27. The van der Waals surface area contributed by atoms with E-state index in [1.807, 2.05) is 30.3 Å². The summed E-state index contributed by atoms with van der Waals surface area (Å²) in [7, 11) is 0. The minimum atomic E-state index is -0.451. The number of nitrogens with one attached hydrogen (secondary N) is 2. The lowest BCUT2D eigenvalue weighted by Crippen LogP contribution is -2.36. The Morgan fingerprint density at radius 2 is 1.83 bits per heavy atom. The van der Waals surface area contributed by atoms with Gasteiger partial charge in [-0.2, -0.15) is 0 Å². The topological polar surface area (TPSA) is 105 Å². The Balaban J connectivity index is 1.52. The molecule has 8 nitrogen and oxygen atoms in total. The number of non-ortho nitro benzene ring substituents is 1. The summed E-state index contributed by atoms with van der Waals surface area (Å²) >= 11 is 0. The molecule has 0 saturated heterocycles. The number of amides is 2. The van der Waals surface area contributed by atoms with Crippen LogP contribution in [-0.2, 0) is 9.59 Å². The number of anilines is 1. The van der Waals surface area contributed by atoms with Crippen molar-refractivity contribution in [1.29, 1.82) is 0 Å². The van der Waals surface area contributed by atoms with Gasteiger partial charge in [0.15, 0.2) is 0 Å². The van der Waals surface area contributed by atoms with Gasteiger partial charge in [-0.05, 0) is 29.3 Å². The molecule has 0 bridgehead atoms. The van der Waals surface area contributed by atoms with Crippen LogP contribution in [-0.4, -0.2) is 34.7 Å². The van der Waals surface area contributed by atoms with Gasteiger partial charge in [-0.25, -0.2) is 0 Å². The second-order valence-electron chi connectivity index (χ2n) is 6.67.